The molecule has 0 saturated carbocycles. The second-order valence-corrected chi connectivity index (χ2v) is 5.57. The predicted molar refractivity (Wildman–Crippen MR) is 75.4 cm³/mol. The number of nitrogens with zero attached hydrogens (tertiary/aromatic N) is 2. The number of halogens is 1. The lowest BCUT2D eigenvalue weighted by molar-refractivity contribution is 0.377. The molecule has 0 radical (unpaired) electrons. The van der Waals surface area contributed by atoms with Crippen LogP contribution in [-0.4, -0.2) is 31.7 Å². The van der Waals surface area contributed by atoms with Crippen molar-refractivity contribution in [3.05, 3.63) is 22.8 Å². The van der Waals surface area contributed by atoms with Gasteiger partial charge in [0.05, 0.1) is 0 Å². The molecule has 1 aromatic heterocycles. The Morgan fingerprint density at radius 1 is 1.41 bits per heavy atom. The van der Waals surface area contributed by atoms with Crippen LogP contribution in [0.15, 0.2) is 22.8 Å². The largest absolute Gasteiger partial charge is 0.357 e. The number of nitrogens with one attached hydrogen (secondary N) is 1. The molecule has 1 aromatic rings. The lowest BCUT2D eigenvalue weighted by atomic mass is 9.93. The van der Waals surface area contributed by atoms with Gasteiger partial charge >= 0.3 is 0 Å². The van der Waals surface area contributed by atoms with Gasteiger partial charge in [-0.05, 0) is 66.8 Å². The van der Waals surface area contributed by atoms with Gasteiger partial charge in [-0.1, -0.05) is 0 Å². The highest BCUT2D eigenvalue weighted by Crippen LogP contribution is 2.24. The van der Waals surface area contributed by atoms with Crippen molar-refractivity contribution < 1.29 is 0 Å². The van der Waals surface area contributed by atoms with Gasteiger partial charge in [-0.25, -0.2) is 4.98 Å². The van der Waals surface area contributed by atoms with E-state index < -0.39 is 0 Å². The van der Waals surface area contributed by atoms with Crippen LogP contribution in [0.25, 0.3) is 0 Å². The summed E-state index contributed by atoms with van der Waals surface area (Å²) in [6, 6.07) is 4.16. The number of pyridine rings is 1. The first kappa shape index (κ1) is 12.8. The van der Waals surface area contributed by atoms with Gasteiger partial charge in [-0.2, -0.15) is 0 Å². The highest BCUT2D eigenvalue weighted by Gasteiger charge is 2.19. The molecule has 0 atom stereocenters. The zero-order chi connectivity index (χ0) is 12.1. The average molecular weight is 298 g/mol. The molecule has 0 aliphatic carbocycles. The van der Waals surface area contributed by atoms with E-state index in [4.69, 9.17) is 0 Å². The van der Waals surface area contributed by atoms with Crippen molar-refractivity contribution >= 4 is 21.7 Å². The van der Waals surface area contributed by atoms with Crippen LogP contribution in [0.1, 0.15) is 19.3 Å². The molecule has 1 saturated heterocycles. The molecular weight excluding hydrogens is 278 g/mol. The maximum atomic E-state index is 4.46. The van der Waals surface area contributed by atoms with Crippen LogP contribution < -0.4 is 10.2 Å². The molecule has 0 amide bonds. The zero-order valence-electron chi connectivity index (χ0n) is 10.3. The van der Waals surface area contributed by atoms with Gasteiger partial charge in [0.1, 0.15) is 5.82 Å². The first-order chi connectivity index (χ1) is 8.29. The molecule has 1 aliphatic rings. The summed E-state index contributed by atoms with van der Waals surface area (Å²) >= 11 is 3.42. The first-order valence-corrected chi connectivity index (χ1v) is 7.10. The fourth-order valence-corrected chi connectivity index (χ4v) is 2.59. The molecule has 0 aromatic carbocycles. The fourth-order valence-electron chi connectivity index (χ4n) is 2.35. The van der Waals surface area contributed by atoms with E-state index in [9.17, 15) is 0 Å². The van der Waals surface area contributed by atoms with Crippen molar-refractivity contribution in [2.75, 3.05) is 31.6 Å². The third-order valence-corrected chi connectivity index (χ3v) is 3.92. The van der Waals surface area contributed by atoms with Gasteiger partial charge in [-0.3, -0.25) is 0 Å². The molecule has 2 heterocycles. The fraction of sp³-hybridized carbons (Fsp3) is 0.615. The Balaban J connectivity index is 1.84. The minimum atomic E-state index is 0.883. The summed E-state index contributed by atoms with van der Waals surface area (Å²) in [6.07, 6.45) is 5.76. The lowest BCUT2D eigenvalue weighted by Gasteiger charge is -2.32. The van der Waals surface area contributed by atoms with Gasteiger partial charge in [0, 0.05) is 23.8 Å². The molecule has 1 fully saturated rings. The van der Waals surface area contributed by atoms with Crippen LogP contribution in [0, 0.1) is 5.92 Å². The number of rotatable bonds is 4. The van der Waals surface area contributed by atoms with Crippen LogP contribution in [0.2, 0.25) is 0 Å². The third kappa shape index (κ3) is 3.68. The van der Waals surface area contributed by atoms with E-state index in [1.807, 2.05) is 13.2 Å². The van der Waals surface area contributed by atoms with Crippen molar-refractivity contribution in [2.24, 2.45) is 5.92 Å². The Hall–Kier alpha value is -0.610. The second kappa shape index (κ2) is 6.36. The van der Waals surface area contributed by atoms with Crippen LogP contribution >= 0.6 is 15.9 Å². The van der Waals surface area contributed by atoms with Gasteiger partial charge in [0.15, 0.2) is 0 Å². The van der Waals surface area contributed by atoms with E-state index in [0.29, 0.717) is 0 Å². The van der Waals surface area contributed by atoms with E-state index in [2.05, 4.69) is 43.3 Å². The van der Waals surface area contributed by atoms with Gasteiger partial charge in [-0.15, -0.1) is 0 Å². The molecule has 0 unspecified atom stereocenters. The highest BCUT2D eigenvalue weighted by molar-refractivity contribution is 9.10. The summed E-state index contributed by atoms with van der Waals surface area (Å²) in [7, 11) is 2.03. The molecule has 2 rings (SSSR count). The number of anilines is 1. The zero-order valence-corrected chi connectivity index (χ0v) is 11.9. The van der Waals surface area contributed by atoms with E-state index in [-0.39, 0.29) is 0 Å². The Labute approximate surface area is 112 Å². The summed E-state index contributed by atoms with van der Waals surface area (Å²) in [5.74, 6) is 1.99. The predicted octanol–water partition coefficient (Wildman–Crippen LogP) is 2.67. The lowest BCUT2D eigenvalue weighted by Crippen LogP contribution is -2.34. The van der Waals surface area contributed by atoms with Gasteiger partial charge in [0.25, 0.3) is 0 Å². The normalized spacial score (nSPS) is 17.4. The van der Waals surface area contributed by atoms with Crippen molar-refractivity contribution in [2.45, 2.75) is 19.3 Å². The van der Waals surface area contributed by atoms with E-state index in [0.717, 1.165) is 35.8 Å². The molecular formula is C13H20BrN3. The summed E-state index contributed by atoms with van der Waals surface area (Å²) in [6.45, 7) is 3.42. The van der Waals surface area contributed by atoms with E-state index in [1.54, 1.807) is 0 Å². The molecule has 17 heavy (non-hydrogen) atoms. The molecule has 0 spiro atoms. The Morgan fingerprint density at radius 3 is 2.76 bits per heavy atom. The maximum absolute atomic E-state index is 4.46. The van der Waals surface area contributed by atoms with Gasteiger partial charge < -0.3 is 10.2 Å². The van der Waals surface area contributed by atoms with Crippen molar-refractivity contribution in [1.29, 1.82) is 0 Å². The minimum absolute atomic E-state index is 0.883. The number of hydrogen-bond acceptors (Lipinski definition) is 3. The molecule has 94 valence electrons. The SMILES string of the molecule is CNCCC1CCN(c2ccc(Br)cn2)CC1. The Kier molecular flexibility index (Phi) is 4.80. The monoisotopic (exact) mass is 297 g/mol. The third-order valence-electron chi connectivity index (χ3n) is 3.45. The Bertz CT molecular complexity index is 331. The molecule has 1 N–H and O–H groups in total. The summed E-state index contributed by atoms with van der Waals surface area (Å²) in [5, 5.41) is 3.23. The van der Waals surface area contributed by atoms with Crippen molar-refractivity contribution in [1.82, 2.24) is 10.3 Å². The smallest absolute Gasteiger partial charge is 0.128 e. The van der Waals surface area contributed by atoms with Crippen LogP contribution in [0.5, 0.6) is 0 Å². The second-order valence-electron chi connectivity index (χ2n) is 4.66. The van der Waals surface area contributed by atoms with Crippen LogP contribution in [0.3, 0.4) is 0 Å². The van der Waals surface area contributed by atoms with Crippen LogP contribution in [0.4, 0.5) is 5.82 Å². The molecule has 1 aliphatic heterocycles. The summed E-state index contributed by atoms with van der Waals surface area (Å²) in [4.78, 5) is 6.85. The molecule has 0 bridgehead atoms. The summed E-state index contributed by atoms with van der Waals surface area (Å²) < 4.78 is 1.05. The van der Waals surface area contributed by atoms with Crippen molar-refractivity contribution in [3.63, 3.8) is 0 Å². The molecule has 4 heteroatoms. The average Bonchev–Trinajstić information content (AvgIpc) is 2.38. The number of piperidine rings is 1. The number of aromatic nitrogens is 1. The van der Waals surface area contributed by atoms with Crippen LogP contribution in [-0.2, 0) is 0 Å². The van der Waals surface area contributed by atoms with E-state index in [1.165, 1.54) is 19.3 Å². The minimum Gasteiger partial charge on any atom is -0.357 e. The topological polar surface area (TPSA) is 28.2 Å². The van der Waals surface area contributed by atoms with Gasteiger partial charge in [0.2, 0.25) is 0 Å². The first-order valence-electron chi connectivity index (χ1n) is 6.30. The highest BCUT2D eigenvalue weighted by atomic mass is 79.9. The van der Waals surface area contributed by atoms with Crippen molar-refractivity contribution in [3.8, 4) is 0 Å². The quantitative estimate of drug-likeness (QED) is 0.926. The Morgan fingerprint density at radius 2 is 2.18 bits per heavy atom. The molecule has 3 nitrogen and oxygen atoms in total. The standard InChI is InChI=1S/C13H20BrN3/c1-15-7-4-11-5-8-17(9-6-11)13-3-2-12(14)10-16-13/h2-3,10-11,15H,4-9H2,1H3. The number of hydrogen-bond donors (Lipinski definition) is 1. The van der Waals surface area contributed by atoms with E-state index >= 15 is 0 Å². The summed E-state index contributed by atoms with van der Waals surface area (Å²) in [5.41, 5.74) is 0. The maximum Gasteiger partial charge on any atom is 0.128 e.